The van der Waals surface area contributed by atoms with Gasteiger partial charge in [-0.2, -0.15) is 0 Å². The molecule has 2 aromatic carbocycles. The normalized spacial score (nSPS) is 12.4. The summed E-state index contributed by atoms with van der Waals surface area (Å²) in [6.07, 6.45) is 2.17. The maximum Gasteiger partial charge on any atom is 0.202 e. The number of fused-ring (bicyclic) bond motifs is 3. The zero-order valence-electron chi connectivity index (χ0n) is 16.2. The summed E-state index contributed by atoms with van der Waals surface area (Å²) < 4.78 is 13.2. The Morgan fingerprint density at radius 2 is 1.61 bits per heavy atom. The fourth-order valence-electron chi connectivity index (χ4n) is 4.06. The van der Waals surface area contributed by atoms with Gasteiger partial charge in [-0.3, -0.25) is 4.57 Å². The van der Waals surface area contributed by atoms with Crippen LogP contribution in [0.4, 0.5) is 0 Å². The summed E-state index contributed by atoms with van der Waals surface area (Å²) in [6.45, 7) is 2.92. The molecule has 0 fully saturated rings. The largest absolute Gasteiger partial charge is 0.496 e. The molecule has 0 spiro atoms. The molecule has 1 heterocycles. The second kappa shape index (κ2) is 7.50. The van der Waals surface area contributed by atoms with E-state index in [1.807, 2.05) is 37.3 Å². The van der Waals surface area contributed by atoms with Crippen LogP contribution in [0.2, 0.25) is 0 Å². The standard InChI is InChI=1S/C23H25NO4/c1-3-24-22(25)17-10-9-16-18(27-2)11-12-19(20(16)21(17)23(24)26)28-14-13-15-7-5-4-6-8-15/h4-8,11-12,25-26H,3,9-10,13-14H2,1-2H3. The maximum absolute atomic E-state index is 10.8. The Kier molecular flexibility index (Phi) is 4.90. The average Bonchev–Trinajstić information content (AvgIpc) is 2.98. The van der Waals surface area contributed by atoms with Crippen LogP contribution in [0.1, 0.15) is 23.6 Å². The molecule has 0 amide bonds. The van der Waals surface area contributed by atoms with Crippen molar-refractivity contribution in [2.24, 2.45) is 0 Å². The minimum absolute atomic E-state index is 0.0807. The molecule has 2 N–H and O–H groups in total. The summed E-state index contributed by atoms with van der Waals surface area (Å²) in [5.41, 5.74) is 4.48. The van der Waals surface area contributed by atoms with Crippen LogP contribution in [0.15, 0.2) is 42.5 Å². The van der Waals surface area contributed by atoms with Gasteiger partial charge in [-0.15, -0.1) is 0 Å². The molecule has 1 aliphatic carbocycles. The van der Waals surface area contributed by atoms with Crippen molar-refractivity contribution < 1.29 is 19.7 Å². The highest BCUT2D eigenvalue weighted by Gasteiger charge is 2.32. The van der Waals surface area contributed by atoms with E-state index in [9.17, 15) is 10.2 Å². The molecule has 5 heteroatoms. The lowest BCUT2D eigenvalue weighted by Crippen LogP contribution is -2.08. The average molecular weight is 379 g/mol. The van der Waals surface area contributed by atoms with Crippen LogP contribution in [-0.4, -0.2) is 28.5 Å². The molecule has 0 atom stereocenters. The minimum atomic E-state index is 0.0807. The molecule has 0 bridgehead atoms. The molecule has 0 aliphatic heterocycles. The number of aromatic hydroxyl groups is 2. The zero-order chi connectivity index (χ0) is 19.7. The van der Waals surface area contributed by atoms with Crippen molar-refractivity contribution in [3.63, 3.8) is 0 Å². The van der Waals surface area contributed by atoms with Crippen LogP contribution in [-0.2, 0) is 25.8 Å². The number of benzene rings is 2. The molecule has 146 valence electrons. The Hall–Kier alpha value is -3.08. The predicted molar refractivity (Wildman–Crippen MR) is 108 cm³/mol. The molecule has 0 unspecified atom stereocenters. The van der Waals surface area contributed by atoms with Crippen LogP contribution in [0.5, 0.6) is 23.3 Å². The van der Waals surface area contributed by atoms with Gasteiger partial charge in [-0.05, 0) is 37.5 Å². The van der Waals surface area contributed by atoms with Gasteiger partial charge >= 0.3 is 0 Å². The van der Waals surface area contributed by atoms with Gasteiger partial charge in [0, 0.05) is 29.7 Å². The fourth-order valence-corrected chi connectivity index (χ4v) is 4.06. The van der Waals surface area contributed by atoms with E-state index in [0.29, 0.717) is 30.9 Å². The van der Waals surface area contributed by atoms with Crippen molar-refractivity contribution in [3.8, 4) is 34.4 Å². The fraction of sp³-hybridized carbons (Fsp3) is 0.304. The number of rotatable bonds is 6. The van der Waals surface area contributed by atoms with Gasteiger partial charge in [-0.1, -0.05) is 30.3 Å². The summed E-state index contributed by atoms with van der Waals surface area (Å²) in [4.78, 5) is 0. The maximum atomic E-state index is 10.8. The molecule has 3 aromatic rings. The first-order chi connectivity index (χ1) is 13.7. The summed E-state index contributed by atoms with van der Waals surface area (Å²) in [5.74, 6) is 1.70. The lowest BCUT2D eigenvalue weighted by molar-refractivity contribution is 0.321. The van der Waals surface area contributed by atoms with Crippen LogP contribution in [0.25, 0.3) is 11.1 Å². The Balaban J connectivity index is 1.74. The van der Waals surface area contributed by atoms with Crippen molar-refractivity contribution in [1.82, 2.24) is 4.57 Å². The van der Waals surface area contributed by atoms with Gasteiger partial charge in [0.25, 0.3) is 0 Å². The lowest BCUT2D eigenvalue weighted by atomic mass is 9.86. The minimum Gasteiger partial charge on any atom is -0.496 e. The predicted octanol–water partition coefficient (Wildman–Crippen LogP) is 4.31. The molecule has 5 nitrogen and oxygen atoms in total. The van der Waals surface area contributed by atoms with E-state index in [-0.39, 0.29) is 11.8 Å². The van der Waals surface area contributed by atoms with E-state index < -0.39 is 0 Å². The van der Waals surface area contributed by atoms with Crippen LogP contribution >= 0.6 is 0 Å². The molecule has 1 aromatic heterocycles. The highest BCUT2D eigenvalue weighted by molar-refractivity contribution is 5.86. The van der Waals surface area contributed by atoms with Gasteiger partial charge in [0.15, 0.2) is 5.88 Å². The third-order valence-electron chi connectivity index (χ3n) is 5.44. The van der Waals surface area contributed by atoms with E-state index in [1.165, 1.54) is 10.1 Å². The third kappa shape index (κ3) is 2.97. The molecular weight excluding hydrogens is 354 g/mol. The van der Waals surface area contributed by atoms with Crippen LogP contribution < -0.4 is 9.47 Å². The highest BCUT2D eigenvalue weighted by Crippen LogP contribution is 2.51. The number of hydrogen-bond donors (Lipinski definition) is 2. The van der Waals surface area contributed by atoms with Gasteiger partial charge in [-0.25, -0.2) is 0 Å². The number of hydrogen-bond acceptors (Lipinski definition) is 4. The van der Waals surface area contributed by atoms with E-state index in [4.69, 9.17) is 9.47 Å². The van der Waals surface area contributed by atoms with Crippen LogP contribution in [0.3, 0.4) is 0 Å². The quantitative estimate of drug-likeness (QED) is 0.670. The number of aromatic nitrogens is 1. The number of methoxy groups -OCH3 is 1. The number of nitrogens with zero attached hydrogens (tertiary/aromatic N) is 1. The molecule has 4 rings (SSSR count). The number of ether oxygens (including phenoxy) is 2. The second-order valence-electron chi connectivity index (χ2n) is 6.95. The Labute approximate surface area is 164 Å². The van der Waals surface area contributed by atoms with Crippen molar-refractivity contribution in [2.45, 2.75) is 32.7 Å². The van der Waals surface area contributed by atoms with Crippen LogP contribution in [0, 0.1) is 0 Å². The van der Waals surface area contributed by atoms with Gasteiger partial charge < -0.3 is 19.7 Å². The van der Waals surface area contributed by atoms with Crippen molar-refractivity contribution in [2.75, 3.05) is 13.7 Å². The van der Waals surface area contributed by atoms with Crippen molar-refractivity contribution >= 4 is 0 Å². The molecule has 0 saturated carbocycles. The SMILES string of the molecule is CCn1c(O)c2c(c1O)-c1c(OCCc3ccccc3)ccc(OC)c1CC2. The highest BCUT2D eigenvalue weighted by atomic mass is 16.5. The molecule has 0 radical (unpaired) electrons. The van der Waals surface area contributed by atoms with Gasteiger partial charge in [0.2, 0.25) is 5.88 Å². The summed E-state index contributed by atoms with van der Waals surface area (Å²) >= 11 is 0. The van der Waals surface area contributed by atoms with Crippen molar-refractivity contribution in [1.29, 1.82) is 0 Å². The zero-order valence-corrected chi connectivity index (χ0v) is 16.2. The van der Waals surface area contributed by atoms with Gasteiger partial charge in [0.1, 0.15) is 11.5 Å². The van der Waals surface area contributed by atoms with E-state index in [2.05, 4.69) is 12.1 Å². The topological polar surface area (TPSA) is 63.9 Å². The first kappa shape index (κ1) is 18.3. The lowest BCUT2D eigenvalue weighted by Gasteiger charge is -2.22. The Morgan fingerprint density at radius 3 is 2.32 bits per heavy atom. The van der Waals surface area contributed by atoms with Gasteiger partial charge in [0.05, 0.1) is 19.3 Å². The third-order valence-corrected chi connectivity index (χ3v) is 5.44. The Morgan fingerprint density at radius 1 is 0.893 bits per heavy atom. The second-order valence-corrected chi connectivity index (χ2v) is 6.95. The molecule has 0 saturated heterocycles. The molecular formula is C23H25NO4. The summed E-state index contributed by atoms with van der Waals surface area (Å²) in [5, 5.41) is 21.4. The molecule has 28 heavy (non-hydrogen) atoms. The smallest absolute Gasteiger partial charge is 0.202 e. The van der Waals surface area contributed by atoms with E-state index in [0.717, 1.165) is 35.3 Å². The van der Waals surface area contributed by atoms with Crippen molar-refractivity contribution in [3.05, 3.63) is 59.2 Å². The monoisotopic (exact) mass is 379 g/mol. The first-order valence-corrected chi connectivity index (χ1v) is 9.65. The van der Waals surface area contributed by atoms with E-state index >= 15 is 0 Å². The first-order valence-electron chi connectivity index (χ1n) is 9.65. The molecule has 1 aliphatic rings. The van der Waals surface area contributed by atoms with E-state index in [1.54, 1.807) is 7.11 Å². The Bertz CT molecular complexity index is 992. The summed E-state index contributed by atoms with van der Waals surface area (Å²) in [6, 6.07) is 14.0. The summed E-state index contributed by atoms with van der Waals surface area (Å²) in [7, 11) is 1.65.